The number of benzene rings is 2. The van der Waals surface area contributed by atoms with Crippen molar-refractivity contribution in [2.75, 3.05) is 0 Å². The minimum Gasteiger partial charge on any atom is -0.487 e. The van der Waals surface area contributed by atoms with Gasteiger partial charge in [0.05, 0.1) is 8.04 Å². The van der Waals surface area contributed by atoms with Gasteiger partial charge in [-0.25, -0.2) is 4.39 Å². The Morgan fingerprint density at radius 3 is 2.59 bits per heavy atom. The molecule has 0 spiro atoms. The molecule has 0 aliphatic carbocycles. The normalized spacial score (nSPS) is 11.2. The Morgan fingerprint density at radius 1 is 1.37 bits per heavy atom. The first-order chi connectivity index (χ1) is 12.8. The monoisotopic (exact) mass is 542 g/mol. The van der Waals surface area contributed by atoms with Crippen LogP contribution in [0.4, 0.5) is 4.39 Å². The fraction of sp³-hybridized carbons (Fsp3) is 0.200. The van der Waals surface area contributed by atoms with Crippen LogP contribution in [-0.2, 0) is 11.4 Å². The van der Waals surface area contributed by atoms with Gasteiger partial charge in [-0.2, -0.15) is 5.26 Å². The predicted octanol–water partition coefficient (Wildman–Crippen LogP) is 5.20. The number of hydrogen-bond acceptors (Lipinski definition) is 3. The minimum absolute atomic E-state index is 0.0337. The Hall–Kier alpha value is -1.92. The molecule has 27 heavy (non-hydrogen) atoms. The SMILES string of the molecule is CC(C)NC(=O)/C(C#N)=C\c1cc(Br)c(OCc2ccc(F)cc2)c(I)c1. The maximum atomic E-state index is 13.0. The maximum absolute atomic E-state index is 13.0. The molecule has 1 N–H and O–H groups in total. The molecule has 0 aliphatic rings. The number of nitrogens with one attached hydrogen (secondary N) is 1. The zero-order valence-corrected chi connectivity index (χ0v) is 18.5. The van der Waals surface area contributed by atoms with E-state index in [1.165, 1.54) is 18.2 Å². The van der Waals surface area contributed by atoms with Crippen molar-refractivity contribution < 1.29 is 13.9 Å². The molecule has 0 aliphatic heterocycles. The van der Waals surface area contributed by atoms with Gasteiger partial charge in [-0.3, -0.25) is 4.79 Å². The second kappa shape index (κ2) is 9.85. The molecule has 0 fully saturated rings. The fourth-order valence-corrected chi connectivity index (χ4v) is 3.96. The molecule has 1 amide bonds. The van der Waals surface area contributed by atoms with Crippen molar-refractivity contribution in [1.82, 2.24) is 5.32 Å². The van der Waals surface area contributed by atoms with Crippen LogP contribution in [0, 0.1) is 20.7 Å². The summed E-state index contributed by atoms with van der Waals surface area (Å²) in [5, 5.41) is 12.0. The van der Waals surface area contributed by atoms with Gasteiger partial charge in [0.15, 0.2) is 0 Å². The van der Waals surface area contributed by atoms with Crippen LogP contribution in [0.1, 0.15) is 25.0 Å². The van der Waals surface area contributed by atoms with Crippen molar-refractivity contribution in [3.05, 3.63) is 67.0 Å². The number of nitriles is 1. The highest BCUT2D eigenvalue weighted by Crippen LogP contribution is 2.33. The van der Waals surface area contributed by atoms with Crippen LogP contribution in [0.25, 0.3) is 6.08 Å². The van der Waals surface area contributed by atoms with E-state index >= 15 is 0 Å². The van der Waals surface area contributed by atoms with Crippen molar-refractivity contribution in [3.8, 4) is 11.8 Å². The van der Waals surface area contributed by atoms with E-state index in [9.17, 15) is 14.4 Å². The smallest absolute Gasteiger partial charge is 0.262 e. The van der Waals surface area contributed by atoms with Crippen LogP contribution in [0.15, 0.2) is 46.4 Å². The topological polar surface area (TPSA) is 62.1 Å². The highest BCUT2D eigenvalue weighted by Gasteiger charge is 2.13. The van der Waals surface area contributed by atoms with Gasteiger partial charge < -0.3 is 10.1 Å². The van der Waals surface area contributed by atoms with Crippen LogP contribution in [0.5, 0.6) is 5.75 Å². The van der Waals surface area contributed by atoms with E-state index in [1.54, 1.807) is 18.2 Å². The molecular weight excluding hydrogens is 526 g/mol. The molecule has 0 bridgehead atoms. The minimum atomic E-state index is -0.407. The van der Waals surface area contributed by atoms with Crippen LogP contribution in [0.3, 0.4) is 0 Å². The van der Waals surface area contributed by atoms with Crippen molar-refractivity contribution in [2.24, 2.45) is 0 Å². The molecule has 2 rings (SSSR count). The molecule has 2 aromatic carbocycles. The predicted molar refractivity (Wildman–Crippen MR) is 114 cm³/mol. The molecule has 0 radical (unpaired) electrons. The third-order valence-corrected chi connectivity index (χ3v) is 4.80. The fourth-order valence-electron chi connectivity index (χ4n) is 2.19. The molecule has 2 aromatic rings. The van der Waals surface area contributed by atoms with Gasteiger partial charge in [0, 0.05) is 6.04 Å². The summed E-state index contributed by atoms with van der Waals surface area (Å²) in [6, 6.07) is 11.6. The lowest BCUT2D eigenvalue weighted by atomic mass is 10.1. The number of carbonyl (C=O) groups excluding carboxylic acids is 1. The molecule has 0 unspecified atom stereocenters. The van der Waals surface area contributed by atoms with E-state index in [-0.39, 0.29) is 17.4 Å². The van der Waals surface area contributed by atoms with Crippen LogP contribution in [0.2, 0.25) is 0 Å². The molecule has 4 nitrogen and oxygen atoms in total. The van der Waals surface area contributed by atoms with E-state index < -0.39 is 5.91 Å². The first-order valence-corrected chi connectivity index (χ1v) is 9.96. The van der Waals surface area contributed by atoms with Gasteiger partial charge in [-0.1, -0.05) is 12.1 Å². The zero-order chi connectivity index (χ0) is 20.0. The molecular formula is C20H17BrFIN2O2. The molecule has 0 aromatic heterocycles. The quantitative estimate of drug-likeness (QED) is 0.310. The number of halogens is 3. The van der Waals surface area contributed by atoms with Crippen molar-refractivity contribution >= 4 is 50.5 Å². The van der Waals surface area contributed by atoms with Crippen LogP contribution < -0.4 is 10.1 Å². The van der Waals surface area contributed by atoms with E-state index in [4.69, 9.17) is 4.74 Å². The maximum Gasteiger partial charge on any atom is 0.262 e. The van der Waals surface area contributed by atoms with Crippen molar-refractivity contribution in [1.29, 1.82) is 5.26 Å². The van der Waals surface area contributed by atoms with Crippen LogP contribution in [-0.4, -0.2) is 11.9 Å². The summed E-state index contributed by atoms with van der Waals surface area (Å²) in [6.45, 7) is 3.96. The van der Waals surface area contributed by atoms with E-state index in [1.807, 2.05) is 26.0 Å². The third kappa shape index (κ3) is 6.33. The Bertz CT molecular complexity index is 882. The van der Waals surface area contributed by atoms with Gasteiger partial charge in [-0.15, -0.1) is 0 Å². The van der Waals surface area contributed by atoms with Crippen LogP contribution >= 0.6 is 38.5 Å². The number of rotatable bonds is 6. The summed E-state index contributed by atoms with van der Waals surface area (Å²) >= 11 is 5.60. The Kier molecular flexibility index (Phi) is 7.80. The summed E-state index contributed by atoms with van der Waals surface area (Å²) < 4.78 is 20.3. The second-order valence-electron chi connectivity index (χ2n) is 6.03. The molecule has 0 saturated heterocycles. The number of hydrogen-bond donors (Lipinski definition) is 1. The number of ether oxygens (including phenoxy) is 1. The molecule has 0 heterocycles. The molecule has 0 saturated carbocycles. The number of nitrogens with zero attached hydrogens (tertiary/aromatic N) is 1. The standard InChI is InChI=1S/C20H17BrFIN2O2/c1-12(2)25-20(26)15(10-24)7-14-8-17(21)19(18(23)9-14)27-11-13-3-5-16(22)6-4-13/h3-9,12H,11H2,1-2H3,(H,25,26)/b15-7-. The lowest BCUT2D eigenvalue weighted by Crippen LogP contribution is -2.30. The average molecular weight is 543 g/mol. The molecule has 140 valence electrons. The largest absolute Gasteiger partial charge is 0.487 e. The van der Waals surface area contributed by atoms with Gasteiger partial charge >= 0.3 is 0 Å². The van der Waals surface area contributed by atoms with E-state index in [0.717, 1.165) is 9.13 Å². The first kappa shape index (κ1) is 21.4. The van der Waals surface area contributed by atoms with Gasteiger partial charge in [0.2, 0.25) is 0 Å². The van der Waals surface area contributed by atoms with Gasteiger partial charge in [0.1, 0.15) is 29.8 Å². The van der Waals surface area contributed by atoms with Crippen molar-refractivity contribution in [2.45, 2.75) is 26.5 Å². The Balaban J connectivity index is 2.20. The molecule has 7 heteroatoms. The lowest BCUT2D eigenvalue weighted by Gasteiger charge is -2.12. The van der Waals surface area contributed by atoms with Crippen molar-refractivity contribution in [3.63, 3.8) is 0 Å². The zero-order valence-electron chi connectivity index (χ0n) is 14.7. The Labute approximate surface area is 179 Å². The highest BCUT2D eigenvalue weighted by atomic mass is 127. The summed E-state index contributed by atoms with van der Waals surface area (Å²) in [4.78, 5) is 12.0. The summed E-state index contributed by atoms with van der Waals surface area (Å²) in [6.07, 6.45) is 1.54. The molecule has 0 atom stereocenters. The summed E-state index contributed by atoms with van der Waals surface area (Å²) in [5.74, 6) is -0.0575. The van der Waals surface area contributed by atoms with E-state index in [0.29, 0.717) is 22.4 Å². The van der Waals surface area contributed by atoms with Gasteiger partial charge in [0.25, 0.3) is 5.91 Å². The number of amides is 1. The van der Waals surface area contributed by atoms with E-state index in [2.05, 4.69) is 43.8 Å². The summed E-state index contributed by atoms with van der Waals surface area (Å²) in [5.41, 5.74) is 1.59. The highest BCUT2D eigenvalue weighted by molar-refractivity contribution is 14.1. The summed E-state index contributed by atoms with van der Waals surface area (Å²) in [7, 11) is 0. The van der Waals surface area contributed by atoms with Gasteiger partial charge in [-0.05, 0) is 93.8 Å². The number of carbonyl (C=O) groups is 1. The second-order valence-corrected chi connectivity index (χ2v) is 8.04. The first-order valence-electron chi connectivity index (χ1n) is 8.09. The lowest BCUT2D eigenvalue weighted by molar-refractivity contribution is -0.117. The third-order valence-electron chi connectivity index (χ3n) is 3.41. The average Bonchev–Trinajstić information content (AvgIpc) is 2.59. The Morgan fingerprint density at radius 2 is 2.04 bits per heavy atom.